The van der Waals surface area contributed by atoms with Crippen LogP contribution in [-0.2, 0) is 24.5 Å². The van der Waals surface area contributed by atoms with E-state index in [-0.39, 0.29) is 13.1 Å². The van der Waals surface area contributed by atoms with Gasteiger partial charge in [0, 0.05) is 40.3 Å². The van der Waals surface area contributed by atoms with Crippen LogP contribution in [0.15, 0.2) is 0 Å². The molecule has 0 radical (unpaired) electrons. The Morgan fingerprint density at radius 1 is 1.30 bits per heavy atom. The number of nitrogens with zero attached hydrogens (tertiary/aromatic N) is 3. The van der Waals surface area contributed by atoms with Gasteiger partial charge in [0.2, 0.25) is 0 Å². The highest BCUT2D eigenvalue weighted by Crippen LogP contribution is 2.06. The Labute approximate surface area is 120 Å². The molecule has 0 aromatic rings. The molecule has 0 saturated carbocycles. The Morgan fingerprint density at radius 2 is 1.90 bits per heavy atom. The molecule has 9 heteroatoms. The number of ether oxygens (including phenoxy) is 2. The number of methoxy groups -OCH3 is 1. The van der Waals surface area contributed by atoms with Crippen molar-refractivity contribution in [2.45, 2.75) is 0 Å². The Morgan fingerprint density at radius 3 is 2.40 bits per heavy atom. The van der Waals surface area contributed by atoms with Crippen LogP contribution in [0.3, 0.4) is 0 Å². The molecule has 1 aliphatic heterocycles. The summed E-state index contributed by atoms with van der Waals surface area (Å²) < 4.78 is 36.3. The van der Waals surface area contributed by atoms with E-state index in [4.69, 9.17) is 4.74 Å². The lowest BCUT2D eigenvalue weighted by Gasteiger charge is -2.30. The van der Waals surface area contributed by atoms with Gasteiger partial charge in [-0.1, -0.05) is 0 Å². The summed E-state index contributed by atoms with van der Waals surface area (Å²) in [7, 11) is 0.481. The summed E-state index contributed by atoms with van der Waals surface area (Å²) in [5, 5.41) is 0. The Kier molecular flexibility index (Phi) is 6.83. The molecule has 0 aromatic heterocycles. The fourth-order valence-corrected chi connectivity index (χ4v) is 2.84. The molecule has 0 atom stereocenters. The lowest BCUT2D eigenvalue weighted by Crippen LogP contribution is -2.47. The van der Waals surface area contributed by atoms with E-state index >= 15 is 0 Å². The molecular formula is C11H23N3O5S. The smallest absolute Gasteiger partial charge is 0.321 e. The van der Waals surface area contributed by atoms with Crippen molar-refractivity contribution in [3.05, 3.63) is 0 Å². The van der Waals surface area contributed by atoms with Crippen molar-refractivity contribution >= 4 is 16.2 Å². The maximum atomic E-state index is 12.2. The number of carbonyl (C=O) groups is 1. The molecule has 0 aliphatic carbocycles. The minimum absolute atomic E-state index is 0.246. The van der Waals surface area contributed by atoms with Crippen LogP contribution in [0.1, 0.15) is 0 Å². The lowest BCUT2D eigenvalue weighted by atomic mass is 10.4. The van der Waals surface area contributed by atoms with E-state index in [2.05, 4.69) is 9.64 Å². The molecule has 1 aliphatic rings. The van der Waals surface area contributed by atoms with E-state index in [1.165, 1.54) is 21.2 Å². The number of hydrogen-bond acceptors (Lipinski definition) is 6. The molecule has 0 amide bonds. The first-order valence-corrected chi connectivity index (χ1v) is 7.82. The van der Waals surface area contributed by atoms with Crippen LogP contribution in [0, 0.1) is 0 Å². The van der Waals surface area contributed by atoms with E-state index in [1.54, 1.807) is 0 Å². The highest BCUT2D eigenvalue weighted by atomic mass is 32.2. The van der Waals surface area contributed by atoms with Crippen molar-refractivity contribution in [3.63, 3.8) is 0 Å². The highest BCUT2D eigenvalue weighted by molar-refractivity contribution is 7.86. The van der Waals surface area contributed by atoms with E-state index < -0.39 is 16.2 Å². The van der Waals surface area contributed by atoms with Crippen molar-refractivity contribution in [1.29, 1.82) is 0 Å². The van der Waals surface area contributed by atoms with Crippen molar-refractivity contribution in [2.75, 3.05) is 67.1 Å². The Bertz CT molecular complexity index is 406. The third-order valence-corrected chi connectivity index (χ3v) is 4.98. The molecule has 1 fully saturated rings. The van der Waals surface area contributed by atoms with Gasteiger partial charge in [0.15, 0.2) is 0 Å². The first-order chi connectivity index (χ1) is 9.37. The Hall–Kier alpha value is -0.740. The molecule has 8 nitrogen and oxygen atoms in total. The van der Waals surface area contributed by atoms with E-state index in [0.29, 0.717) is 19.8 Å². The van der Waals surface area contributed by atoms with E-state index in [9.17, 15) is 13.2 Å². The third kappa shape index (κ3) is 4.98. The molecule has 1 saturated heterocycles. The molecular weight excluding hydrogens is 286 g/mol. The van der Waals surface area contributed by atoms with Crippen LogP contribution in [0.2, 0.25) is 0 Å². The minimum Gasteiger partial charge on any atom is -0.468 e. The first-order valence-electron chi connectivity index (χ1n) is 6.42. The summed E-state index contributed by atoms with van der Waals surface area (Å²) in [5.41, 5.74) is 0. The second kappa shape index (κ2) is 7.89. The fraction of sp³-hybridized carbons (Fsp3) is 0.909. The zero-order valence-corrected chi connectivity index (χ0v) is 13.1. The topological polar surface area (TPSA) is 79.4 Å². The van der Waals surface area contributed by atoms with Crippen LogP contribution in [-0.4, -0.2) is 95.0 Å². The molecule has 0 unspecified atom stereocenters. The molecule has 20 heavy (non-hydrogen) atoms. The predicted octanol–water partition coefficient (Wildman–Crippen LogP) is -1.40. The predicted molar refractivity (Wildman–Crippen MR) is 73.5 cm³/mol. The van der Waals surface area contributed by atoms with E-state index in [1.807, 2.05) is 0 Å². The molecule has 0 N–H and O–H groups in total. The van der Waals surface area contributed by atoms with Crippen molar-refractivity contribution < 1.29 is 22.7 Å². The first kappa shape index (κ1) is 17.3. The number of esters is 1. The largest absolute Gasteiger partial charge is 0.468 e. The SMILES string of the molecule is COC(=O)CN(CCN1CCOCC1)S(=O)(=O)N(C)C. The summed E-state index contributed by atoms with van der Waals surface area (Å²) in [6.07, 6.45) is 0. The average Bonchev–Trinajstić information content (AvgIpc) is 2.43. The molecule has 1 heterocycles. The number of rotatable bonds is 7. The van der Waals surface area contributed by atoms with Crippen molar-refractivity contribution in [2.24, 2.45) is 0 Å². The van der Waals surface area contributed by atoms with Gasteiger partial charge >= 0.3 is 5.97 Å². The Balaban J connectivity index is 2.64. The van der Waals surface area contributed by atoms with Gasteiger partial charge in [-0.05, 0) is 0 Å². The molecule has 1 rings (SSSR count). The van der Waals surface area contributed by atoms with Gasteiger partial charge in [-0.25, -0.2) is 0 Å². The second-order valence-corrected chi connectivity index (χ2v) is 6.80. The van der Waals surface area contributed by atoms with Gasteiger partial charge in [-0.2, -0.15) is 17.0 Å². The van der Waals surface area contributed by atoms with Crippen LogP contribution < -0.4 is 0 Å². The maximum Gasteiger partial charge on any atom is 0.321 e. The lowest BCUT2D eigenvalue weighted by molar-refractivity contribution is -0.140. The maximum absolute atomic E-state index is 12.2. The third-order valence-electron chi connectivity index (χ3n) is 3.09. The van der Waals surface area contributed by atoms with Gasteiger partial charge in [0.1, 0.15) is 6.54 Å². The quantitative estimate of drug-likeness (QED) is 0.538. The van der Waals surface area contributed by atoms with Gasteiger partial charge in [-0.3, -0.25) is 9.69 Å². The van der Waals surface area contributed by atoms with Crippen LogP contribution in [0.4, 0.5) is 0 Å². The summed E-state index contributed by atoms with van der Waals surface area (Å²) in [4.78, 5) is 13.5. The summed E-state index contributed by atoms with van der Waals surface area (Å²) in [6.45, 7) is 3.38. The second-order valence-electron chi connectivity index (χ2n) is 4.65. The van der Waals surface area contributed by atoms with Gasteiger partial charge in [0.05, 0.1) is 20.3 Å². The molecule has 0 aromatic carbocycles. The number of carbonyl (C=O) groups excluding carboxylic acids is 1. The summed E-state index contributed by atoms with van der Waals surface area (Å²) in [6, 6.07) is 0. The number of hydrogen-bond donors (Lipinski definition) is 0. The van der Waals surface area contributed by atoms with Gasteiger partial charge in [0.25, 0.3) is 10.2 Å². The van der Waals surface area contributed by atoms with Crippen LogP contribution >= 0.6 is 0 Å². The van der Waals surface area contributed by atoms with Gasteiger partial charge < -0.3 is 9.47 Å². The summed E-state index contributed by atoms with van der Waals surface area (Å²) in [5.74, 6) is -0.572. The van der Waals surface area contributed by atoms with Crippen molar-refractivity contribution in [3.8, 4) is 0 Å². The van der Waals surface area contributed by atoms with Crippen molar-refractivity contribution in [1.82, 2.24) is 13.5 Å². The number of morpholine rings is 1. The highest BCUT2D eigenvalue weighted by Gasteiger charge is 2.27. The zero-order valence-electron chi connectivity index (χ0n) is 12.2. The van der Waals surface area contributed by atoms with Crippen LogP contribution in [0.25, 0.3) is 0 Å². The monoisotopic (exact) mass is 309 g/mol. The molecule has 0 bridgehead atoms. The molecule has 118 valence electrons. The van der Waals surface area contributed by atoms with Gasteiger partial charge in [-0.15, -0.1) is 0 Å². The standard InChI is InChI=1S/C11H23N3O5S/c1-12(2)20(16,17)14(10-11(15)18-3)5-4-13-6-8-19-9-7-13/h4-10H2,1-3H3. The van der Waals surface area contributed by atoms with Crippen LogP contribution in [0.5, 0.6) is 0 Å². The van der Waals surface area contributed by atoms with E-state index in [0.717, 1.165) is 21.7 Å². The molecule has 0 spiro atoms. The average molecular weight is 309 g/mol. The zero-order chi connectivity index (χ0) is 15.2. The minimum atomic E-state index is -3.64. The normalized spacial score (nSPS) is 17.6. The fourth-order valence-electron chi connectivity index (χ4n) is 1.79. The summed E-state index contributed by atoms with van der Waals surface area (Å²) >= 11 is 0.